The van der Waals surface area contributed by atoms with Gasteiger partial charge in [-0.2, -0.15) is 0 Å². The first kappa shape index (κ1) is 25.7. The van der Waals surface area contributed by atoms with Gasteiger partial charge in [0, 0.05) is 6.26 Å². The topological polar surface area (TPSA) is 62.3 Å². The summed E-state index contributed by atoms with van der Waals surface area (Å²) in [5.74, 6) is 0. The van der Waals surface area contributed by atoms with Crippen molar-refractivity contribution < 1.29 is 25.7 Å². The Hall–Kier alpha value is -1.56. The van der Waals surface area contributed by atoms with Crippen LogP contribution in [0.15, 0.2) is 91.0 Å². The van der Waals surface area contributed by atoms with Gasteiger partial charge in [0.15, 0.2) is 0 Å². The Labute approximate surface area is 200 Å². The van der Waals surface area contributed by atoms with Gasteiger partial charge in [0.25, 0.3) is 0 Å². The van der Waals surface area contributed by atoms with Crippen molar-refractivity contribution in [3.05, 3.63) is 118 Å². The van der Waals surface area contributed by atoms with Crippen LogP contribution in [-0.2, 0) is 33.8 Å². The summed E-state index contributed by atoms with van der Waals surface area (Å²) in [5.41, 5.74) is 3.09. The molecule has 0 radical (unpaired) electrons. The molecular formula is C24H26ClN2O2RuS. The number of nitrogens with zero attached hydrogens (tertiary/aromatic N) is 2. The summed E-state index contributed by atoms with van der Waals surface area (Å²) < 4.78 is 28.3. The van der Waals surface area contributed by atoms with Gasteiger partial charge in [-0.15, -0.1) is 18.6 Å². The summed E-state index contributed by atoms with van der Waals surface area (Å²) in [6.45, 7) is 0.636. The standard InChI is InChI=1S/C24H26N2O2S.ClH.Ru/c1-29(27,28)26-24(22-17-9-4-10-18-22)23(21-15-7-3-8-16-21)25-19-11-14-20-12-5-2-6-13-20;;/h2-10,12-13,15-18,23-24H,11,14,19H2,1H3;1H;/q-2;;+3/p-1/t23-,24-;;/m0../s1. The van der Waals surface area contributed by atoms with Gasteiger partial charge in [0.1, 0.15) is 0 Å². The number of aryl methyl sites for hydroxylation is 1. The fourth-order valence-electron chi connectivity index (χ4n) is 3.35. The summed E-state index contributed by atoms with van der Waals surface area (Å²) in [4.78, 5) is 0. The average Bonchev–Trinajstić information content (AvgIpc) is 2.80. The van der Waals surface area contributed by atoms with E-state index in [0.29, 0.717) is 6.54 Å². The van der Waals surface area contributed by atoms with E-state index in [9.17, 15) is 8.42 Å². The molecule has 4 nitrogen and oxygen atoms in total. The molecule has 0 saturated carbocycles. The number of benzene rings is 3. The molecule has 0 aliphatic carbocycles. The van der Waals surface area contributed by atoms with Crippen molar-refractivity contribution in [1.29, 1.82) is 0 Å². The van der Waals surface area contributed by atoms with Gasteiger partial charge in [-0.25, -0.2) is 8.42 Å². The molecule has 3 aromatic rings. The molecule has 0 saturated heterocycles. The van der Waals surface area contributed by atoms with Crippen LogP contribution in [0, 0.1) is 0 Å². The third-order valence-corrected chi connectivity index (χ3v) is 5.29. The van der Waals surface area contributed by atoms with Crippen LogP contribution in [0.3, 0.4) is 0 Å². The van der Waals surface area contributed by atoms with E-state index in [2.05, 4.69) is 26.5 Å². The van der Waals surface area contributed by atoms with Gasteiger partial charge >= 0.3 is 27.0 Å². The molecule has 3 aromatic carbocycles. The van der Waals surface area contributed by atoms with Crippen LogP contribution in [0.5, 0.6) is 0 Å². The fraction of sp³-hybridized carbons (Fsp3) is 0.250. The molecule has 0 bridgehead atoms. The second-order valence-electron chi connectivity index (χ2n) is 7.04. The van der Waals surface area contributed by atoms with Gasteiger partial charge in [-0.1, -0.05) is 109 Å². The Morgan fingerprint density at radius 3 is 1.71 bits per heavy atom. The Balaban J connectivity index is 0.00000166. The van der Waals surface area contributed by atoms with E-state index in [4.69, 9.17) is 5.32 Å². The normalized spacial score (nSPS) is 13.0. The maximum absolute atomic E-state index is 12.1. The SMILES string of the molecule is CS(=O)(=O)[N-][C@@H](c1ccccc1)[C@@H]([N-]CCCc1ccccc1)c1ccccc1.[Cl][Ru+2]. The molecule has 165 valence electrons. The minimum absolute atomic E-state index is 0.357. The van der Waals surface area contributed by atoms with E-state index in [1.54, 1.807) is 0 Å². The van der Waals surface area contributed by atoms with Crippen LogP contribution in [0.25, 0.3) is 10.0 Å². The third-order valence-electron chi connectivity index (χ3n) is 4.68. The van der Waals surface area contributed by atoms with Crippen LogP contribution in [0.4, 0.5) is 0 Å². The molecule has 7 heteroatoms. The summed E-state index contributed by atoms with van der Waals surface area (Å²) in [5, 5.41) is 4.91. The fourth-order valence-corrected chi connectivity index (χ4v) is 4.00. The van der Waals surface area contributed by atoms with Gasteiger partial charge in [-0.05, 0) is 12.0 Å². The maximum atomic E-state index is 12.1. The average molecular weight is 543 g/mol. The van der Waals surface area contributed by atoms with E-state index in [1.807, 2.05) is 96.2 Å². The van der Waals surface area contributed by atoms with Crippen LogP contribution >= 0.6 is 9.69 Å². The van der Waals surface area contributed by atoms with Crippen LogP contribution in [-0.4, -0.2) is 21.2 Å². The second-order valence-corrected chi connectivity index (χ2v) is 8.72. The molecule has 0 spiro atoms. The van der Waals surface area contributed by atoms with E-state index in [0.717, 1.165) is 30.2 Å². The molecule has 2 atom stereocenters. The first-order valence-corrected chi connectivity index (χ1v) is 14.0. The Morgan fingerprint density at radius 1 is 0.774 bits per heavy atom. The van der Waals surface area contributed by atoms with Crippen molar-refractivity contribution >= 4 is 19.7 Å². The monoisotopic (exact) mass is 543 g/mol. The quantitative estimate of drug-likeness (QED) is 0.217. The molecule has 31 heavy (non-hydrogen) atoms. The first-order valence-electron chi connectivity index (χ1n) is 9.89. The van der Waals surface area contributed by atoms with Gasteiger partial charge in [0.05, 0.1) is 10.0 Å². The van der Waals surface area contributed by atoms with E-state index < -0.39 is 16.1 Å². The summed E-state index contributed by atoms with van der Waals surface area (Å²) >= 11 is 1.82. The van der Waals surface area contributed by atoms with Crippen molar-refractivity contribution in [2.45, 2.75) is 24.9 Å². The Kier molecular flexibility index (Phi) is 11.4. The minimum atomic E-state index is -3.53. The third kappa shape index (κ3) is 9.22. The first-order chi connectivity index (χ1) is 15.0. The van der Waals surface area contributed by atoms with Gasteiger partial charge in [0.2, 0.25) is 0 Å². The van der Waals surface area contributed by atoms with Crippen molar-refractivity contribution in [2.75, 3.05) is 12.8 Å². The molecular weight excluding hydrogens is 517 g/mol. The number of rotatable bonds is 10. The van der Waals surface area contributed by atoms with Crippen molar-refractivity contribution in [3.63, 3.8) is 0 Å². The van der Waals surface area contributed by atoms with Crippen LogP contribution in [0.2, 0.25) is 0 Å². The molecule has 0 aromatic heterocycles. The Bertz CT molecular complexity index is 974. The van der Waals surface area contributed by atoms with E-state index in [-0.39, 0.29) is 6.04 Å². The van der Waals surface area contributed by atoms with Gasteiger partial charge < -0.3 is 10.0 Å². The van der Waals surface area contributed by atoms with Gasteiger partial charge in [-0.3, -0.25) is 0 Å². The second kappa shape index (κ2) is 13.8. The Morgan fingerprint density at radius 2 is 1.23 bits per heavy atom. The number of sulfonamides is 1. The number of hydrogen-bond donors (Lipinski definition) is 0. The van der Waals surface area contributed by atoms with Crippen molar-refractivity contribution in [1.82, 2.24) is 0 Å². The number of halogens is 1. The zero-order valence-electron chi connectivity index (χ0n) is 17.3. The van der Waals surface area contributed by atoms with E-state index >= 15 is 0 Å². The predicted octanol–water partition coefficient (Wildman–Crippen LogP) is 6.50. The van der Waals surface area contributed by atoms with Crippen LogP contribution < -0.4 is 0 Å². The van der Waals surface area contributed by atoms with Crippen LogP contribution in [0.1, 0.15) is 35.2 Å². The molecule has 3 rings (SSSR count). The molecule has 0 aliphatic rings. The molecule has 0 amide bonds. The number of hydrogen-bond acceptors (Lipinski definition) is 2. The zero-order chi connectivity index (χ0) is 22.5. The summed E-state index contributed by atoms with van der Waals surface area (Å²) in [6.07, 6.45) is 2.97. The zero-order valence-corrected chi connectivity index (χ0v) is 20.6. The summed E-state index contributed by atoms with van der Waals surface area (Å²) in [7, 11) is 1.04. The molecule has 0 heterocycles. The molecule has 0 fully saturated rings. The predicted molar refractivity (Wildman–Crippen MR) is 125 cm³/mol. The summed E-state index contributed by atoms with van der Waals surface area (Å²) in [6, 6.07) is 28.7. The van der Waals surface area contributed by atoms with Crippen molar-refractivity contribution in [2.24, 2.45) is 0 Å². The molecule has 0 N–H and O–H groups in total. The molecule has 0 aliphatic heterocycles. The van der Waals surface area contributed by atoms with Crippen molar-refractivity contribution in [3.8, 4) is 0 Å². The van der Waals surface area contributed by atoms with E-state index in [1.165, 1.54) is 5.56 Å². The molecule has 0 unspecified atom stereocenters.